The lowest BCUT2D eigenvalue weighted by Gasteiger charge is -2.14. The Hall–Kier alpha value is -1.67. The van der Waals surface area contributed by atoms with Gasteiger partial charge in [-0.1, -0.05) is 0 Å². The van der Waals surface area contributed by atoms with Crippen molar-refractivity contribution in [1.82, 2.24) is 10.6 Å². The third-order valence-electron chi connectivity index (χ3n) is 1.43. The van der Waals surface area contributed by atoms with E-state index < -0.39 is 37.0 Å². The molecule has 2 amide bonds. The molecule has 0 saturated carbocycles. The molecule has 1 atom stereocenters. The van der Waals surface area contributed by atoms with Gasteiger partial charge in [-0.05, 0) is 0 Å². The zero-order valence-corrected chi connectivity index (χ0v) is 7.90. The summed E-state index contributed by atoms with van der Waals surface area (Å²) in [7, 11) is 0. The summed E-state index contributed by atoms with van der Waals surface area (Å²) in [5, 5.41) is 21.1. The summed E-state index contributed by atoms with van der Waals surface area (Å²) in [5.74, 6) is -2.61. The summed E-state index contributed by atoms with van der Waals surface area (Å²) in [6, 6.07) is -1.18. The fourth-order valence-electron chi connectivity index (χ4n) is 0.733. The average Bonchev–Trinajstić information content (AvgIpc) is 2.21. The van der Waals surface area contributed by atoms with Crippen LogP contribution in [0, 0.1) is 0 Å². The first kappa shape index (κ1) is 13.3. The quantitative estimate of drug-likeness (QED) is 0.315. The largest absolute Gasteiger partial charge is 0.480 e. The fraction of sp³-hybridized carbons (Fsp3) is 0.571. The van der Waals surface area contributed by atoms with Crippen molar-refractivity contribution in [3.05, 3.63) is 0 Å². The normalized spacial score (nSPS) is 11.6. The number of rotatable bonds is 6. The summed E-state index contributed by atoms with van der Waals surface area (Å²) >= 11 is 0. The zero-order chi connectivity index (χ0) is 11.8. The number of hydrogen-bond acceptors (Lipinski definition) is 5. The maximum absolute atomic E-state index is 11.1. The van der Waals surface area contributed by atoms with Gasteiger partial charge in [-0.2, -0.15) is 0 Å². The summed E-state index contributed by atoms with van der Waals surface area (Å²) in [4.78, 5) is 32.0. The molecule has 0 spiro atoms. The van der Waals surface area contributed by atoms with Crippen LogP contribution in [0.4, 0.5) is 0 Å². The Kier molecular flexibility index (Phi) is 5.99. The second-order valence-electron chi connectivity index (χ2n) is 2.62. The molecule has 8 heteroatoms. The van der Waals surface area contributed by atoms with Crippen LogP contribution in [0.1, 0.15) is 0 Å². The lowest BCUT2D eigenvalue weighted by molar-refractivity contribution is -0.138. The molecule has 0 fully saturated rings. The van der Waals surface area contributed by atoms with Gasteiger partial charge in [0.2, 0.25) is 11.8 Å². The molecule has 15 heavy (non-hydrogen) atoms. The van der Waals surface area contributed by atoms with Crippen molar-refractivity contribution in [2.75, 3.05) is 19.7 Å². The maximum Gasteiger partial charge on any atom is 0.322 e. The molecule has 0 aromatic rings. The Morgan fingerprint density at radius 1 is 1.33 bits per heavy atom. The highest BCUT2D eigenvalue weighted by Crippen LogP contribution is 1.82. The number of nitrogens with two attached hydrogens (primary N) is 1. The van der Waals surface area contributed by atoms with Crippen molar-refractivity contribution in [3.63, 3.8) is 0 Å². The molecule has 0 bridgehead atoms. The highest BCUT2D eigenvalue weighted by Gasteiger charge is 2.19. The molecule has 0 saturated heterocycles. The van der Waals surface area contributed by atoms with E-state index in [1.807, 2.05) is 5.32 Å². The minimum atomic E-state index is -1.22. The van der Waals surface area contributed by atoms with E-state index in [0.717, 1.165) is 0 Å². The molecule has 0 aromatic carbocycles. The number of carbonyl (C=O) groups excluding carboxylic acids is 2. The number of nitrogens with one attached hydrogen (secondary N) is 2. The molecule has 0 aliphatic heterocycles. The van der Waals surface area contributed by atoms with E-state index in [1.54, 1.807) is 0 Å². The summed E-state index contributed by atoms with van der Waals surface area (Å²) in [5.41, 5.74) is 4.98. The number of hydrogen-bond donors (Lipinski definition) is 5. The maximum atomic E-state index is 11.1. The summed E-state index contributed by atoms with van der Waals surface area (Å²) in [6.45, 7) is -1.52. The Bertz CT molecular complexity index is 255. The lowest BCUT2D eigenvalue weighted by atomic mass is 10.3. The van der Waals surface area contributed by atoms with Crippen LogP contribution in [0.2, 0.25) is 0 Å². The number of carbonyl (C=O) groups is 3. The van der Waals surface area contributed by atoms with E-state index in [0.29, 0.717) is 0 Å². The molecule has 8 nitrogen and oxygen atoms in total. The first-order valence-corrected chi connectivity index (χ1v) is 4.11. The number of carboxylic acid groups (broad SMARTS) is 1. The SMILES string of the molecule is NCC(=O)NC(CO)C(=O)NCC(=O)O. The molecule has 0 aliphatic carbocycles. The Morgan fingerprint density at radius 2 is 1.93 bits per heavy atom. The van der Waals surface area contributed by atoms with E-state index in [1.165, 1.54) is 0 Å². The van der Waals surface area contributed by atoms with E-state index in [4.69, 9.17) is 15.9 Å². The molecule has 86 valence electrons. The number of aliphatic hydroxyl groups excluding tert-OH is 1. The van der Waals surface area contributed by atoms with Gasteiger partial charge in [-0.15, -0.1) is 0 Å². The predicted octanol–water partition coefficient (Wildman–Crippen LogP) is -3.38. The topological polar surface area (TPSA) is 142 Å². The molecular formula is C7H13N3O5. The van der Waals surface area contributed by atoms with Crippen LogP contribution in [0.5, 0.6) is 0 Å². The second kappa shape index (κ2) is 6.74. The first-order valence-electron chi connectivity index (χ1n) is 4.11. The van der Waals surface area contributed by atoms with Gasteiger partial charge in [0.25, 0.3) is 0 Å². The van der Waals surface area contributed by atoms with Gasteiger partial charge in [-0.3, -0.25) is 14.4 Å². The third-order valence-corrected chi connectivity index (χ3v) is 1.43. The predicted molar refractivity (Wildman–Crippen MR) is 48.7 cm³/mol. The molecular weight excluding hydrogens is 206 g/mol. The fourth-order valence-corrected chi connectivity index (χ4v) is 0.733. The van der Waals surface area contributed by atoms with Gasteiger partial charge in [0.05, 0.1) is 13.2 Å². The standard InChI is InChI=1S/C7H13N3O5/c8-1-5(12)10-4(3-11)7(15)9-2-6(13)14/h4,11H,1-3,8H2,(H,9,15)(H,10,12)(H,13,14). The van der Waals surface area contributed by atoms with Crippen molar-refractivity contribution in [3.8, 4) is 0 Å². The Labute approximate surface area is 85.4 Å². The Morgan fingerprint density at radius 3 is 2.33 bits per heavy atom. The Balaban J connectivity index is 4.10. The number of amides is 2. The third kappa shape index (κ3) is 5.60. The van der Waals surface area contributed by atoms with Gasteiger partial charge in [0.15, 0.2) is 0 Å². The van der Waals surface area contributed by atoms with Crippen molar-refractivity contribution >= 4 is 17.8 Å². The van der Waals surface area contributed by atoms with Crippen molar-refractivity contribution in [1.29, 1.82) is 0 Å². The van der Waals surface area contributed by atoms with Gasteiger partial charge in [0, 0.05) is 0 Å². The molecule has 0 aliphatic rings. The highest BCUT2D eigenvalue weighted by molar-refractivity contribution is 5.89. The van der Waals surface area contributed by atoms with E-state index in [9.17, 15) is 14.4 Å². The van der Waals surface area contributed by atoms with Crippen LogP contribution >= 0.6 is 0 Å². The molecule has 0 aromatic heterocycles. The number of aliphatic carboxylic acids is 1. The molecule has 0 radical (unpaired) electrons. The van der Waals surface area contributed by atoms with Crippen LogP contribution in [-0.2, 0) is 14.4 Å². The van der Waals surface area contributed by atoms with Crippen molar-refractivity contribution in [2.45, 2.75) is 6.04 Å². The van der Waals surface area contributed by atoms with E-state index in [2.05, 4.69) is 5.32 Å². The van der Waals surface area contributed by atoms with Crippen molar-refractivity contribution in [2.24, 2.45) is 5.73 Å². The molecule has 0 rings (SSSR count). The summed E-state index contributed by atoms with van der Waals surface area (Å²) < 4.78 is 0. The molecule has 1 unspecified atom stereocenters. The smallest absolute Gasteiger partial charge is 0.322 e. The second-order valence-corrected chi connectivity index (χ2v) is 2.62. The van der Waals surface area contributed by atoms with Gasteiger partial charge in [0.1, 0.15) is 12.6 Å². The van der Waals surface area contributed by atoms with E-state index >= 15 is 0 Å². The van der Waals surface area contributed by atoms with Crippen LogP contribution in [0.3, 0.4) is 0 Å². The van der Waals surface area contributed by atoms with Gasteiger partial charge in [-0.25, -0.2) is 0 Å². The first-order chi connectivity index (χ1) is 7.01. The molecule has 6 N–H and O–H groups in total. The lowest BCUT2D eigenvalue weighted by Crippen LogP contribution is -2.51. The van der Waals surface area contributed by atoms with Crippen LogP contribution in [0.25, 0.3) is 0 Å². The highest BCUT2D eigenvalue weighted by atomic mass is 16.4. The number of carboxylic acids is 1. The zero-order valence-electron chi connectivity index (χ0n) is 7.90. The summed E-state index contributed by atoms with van der Waals surface area (Å²) in [6.07, 6.45) is 0. The van der Waals surface area contributed by atoms with Crippen molar-refractivity contribution < 1.29 is 24.6 Å². The average molecular weight is 219 g/mol. The monoisotopic (exact) mass is 219 g/mol. The van der Waals surface area contributed by atoms with E-state index in [-0.39, 0.29) is 6.54 Å². The van der Waals surface area contributed by atoms with Gasteiger partial charge >= 0.3 is 5.97 Å². The number of aliphatic hydroxyl groups is 1. The molecule has 0 heterocycles. The van der Waals surface area contributed by atoms with Crippen LogP contribution < -0.4 is 16.4 Å². The van der Waals surface area contributed by atoms with Gasteiger partial charge < -0.3 is 26.6 Å². The van der Waals surface area contributed by atoms with Crippen LogP contribution in [-0.4, -0.2) is 53.7 Å². The minimum absolute atomic E-state index is 0.317. The minimum Gasteiger partial charge on any atom is -0.480 e. The van der Waals surface area contributed by atoms with Crippen LogP contribution in [0.15, 0.2) is 0 Å².